The fraction of sp³-hybridized carbons (Fsp3) is 0.387. The molecule has 3 rings (SSSR count). The van der Waals surface area contributed by atoms with Crippen LogP contribution in [0, 0.1) is 12.9 Å². The van der Waals surface area contributed by atoms with Gasteiger partial charge in [-0.3, -0.25) is 9.59 Å². The van der Waals surface area contributed by atoms with Gasteiger partial charge in [-0.25, -0.2) is 4.98 Å². The first-order valence-corrected chi connectivity index (χ1v) is 15.8. The Morgan fingerprint density at radius 3 is 2.13 bits per heavy atom. The van der Waals surface area contributed by atoms with Gasteiger partial charge in [-0.2, -0.15) is 4.39 Å². The fourth-order valence-electron chi connectivity index (χ4n) is 3.97. The lowest BCUT2D eigenvalue weighted by atomic mass is 9.96. The number of rotatable bonds is 10. The molecule has 0 saturated carbocycles. The van der Waals surface area contributed by atoms with Crippen LogP contribution in [0.3, 0.4) is 0 Å². The lowest BCUT2D eigenvalue weighted by Gasteiger charge is -2.38. The Morgan fingerprint density at radius 1 is 0.974 bits per heavy atom. The molecule has 1 heterocycles. The Balaban J connectivity index is 1.85. The lowest BCUT2D eigenvalue weighted by Crippen LogP contribution is -2.45. The number of methoxy groups -OCH3 is 2. The second kappa shape index (κ2) is 11.8. The molecule has 0 aliphatic carbocycles. The summed E-state index contributed by atoms with van der Waals surface area (Å²) < 4.78 is 31.9. The molecule has 2 aromatic carbocycles. The van der Waals surface area contributed by atoms with Crippen molar-refractivity contribution in [1.82, 2.24) is 4.98 Å². The predicted octanol–water partition coefficient (Wildman–Crippen LogP) is 7.23. The summed E-state index contributed by atoms with van der Waals surface area (Å²) in [5.41, 5.74) is 3.06. The zero-order valence-corrected chi connectivity index (χ0v) is 25.3. The highest BCUT2D eigenvalue weighted by atomic mass is 28.4. The third-order valence-corrected chi connectivity index (χ3v) is 11.9. The molecule has 0 spiro atoms. The molecule has 39 heavy (non-hydrogen) atoms. The third-order valence-electron chi connectivity index (χ3n) is 7.38. The van der Waals surface area contributed by atoms with Crippen LogP contribution in [0.15, 0.2) is 48.5 Å². The topological polar surface area (TPSA) is 74.7 Å². The average Bonchev–Trinajstić information content (AvgIpc) is 2.87. The number of pyridine rings is 1. The zero-order chi connectivity index (χ0) is 29.1. The summed E-state index contributed by atoms with van der Waals surface area (Å²) in [5.74, 6) is -0.326. The first kappa shape index (κ1) is 30.2. The van der Waals surface area contributed by atoms with Crippen LogP contribution < -0.4 is 9.47 Å². The number of carbonyl (C=O) groups excluding carboxylic acids is 2. The smallest absolute Gasteiger partial charge is 0.224 e. The maximum atomic E-state index is 15.2. The highest BCUT2D eigenvalue weighted by Crippen LogP contribution is 2.37. The van der Waals surface area contributed by atoms with Crippen LogP contribution in [0.2, 0.25) is 18.1 Å². The van der Waals surface area contributed by atoms with E-state index in [4.69, 9.17) is 13.9 Å². The molecule has 6 nitrogen and oxygen atoms in total. The van der Waals surface area contributed by atoms with Gasteiger partial charge >= 0.3 is 0 Å². The third kappa shape index (κ3) is 6.99. The van der Waals surface area contributed by atoms with Crippen LogP contribution in [-0.4, -0.2) is 45.2 Å². The molecule has 0 aliphatic rings. The van der Waals surface area contributed by atoms with Crippen molar-refractivity contribution < 1.29 is 27.9 Å². The number of hydrogen-bond acceptors (Lipinski definition) is 6. The van der Waals surface area contributed by atoms with Crippen molar-refractivity contribution in [2.24, 2.45) is 0 Å². The number of ketones is 2. The fourth-order valence-corrected chi connectivity index (χ4v) is 5.31. The zero-order valence-electron chi connectivity index (χ0n) is 24.3. The molecule has 8 heteroatoms. The van der Waals surface area contributed by atoms with Crippen LogP contribution in [0.4, 0.5) is 4.39 Å². The molecule has 1 aromatic heterocycles. The number of halogens is 1. The van der Waals surface area contributed by atoms with Crippen molar-refractivity contribution in [3.8, 4) is 22.8 Å². The van der Waals surface area contributed by atoms with Gasteiger partial charge < -0.3 is 13.9 Å². The van der Waals surface area contributed by atoms with Gasteiger partial charge in [0.05, 0.1) is 25.5 Å². The number of ether oxygens (including phenoxy) is 2. The summed E-state index contributed by atoms with van der Waals surface area (Å²) in [7, 11) is 0.848. The van der Waals surface area contributed by atoms with E-state index in [1.165, 1.54) is 20.3 Å². The molecule has 0 amide bonds. The molecule has 0 fully saturated rings. The van der Waals surface area contributed by atoms with Crippen molar-refractivity contribution >= 4 is 19.9 Å². The molecule has 0 aliphatic heterocycles. The van der Waals surface area contributed by atoms with E-state index in [9.17, 15) is 9.59 Å². The van der Waals surface area contributed by atoms with Gasteiger partial charge in [0, 0.05) is 23.6 Å². The highest BCUT2D eigenvalue weighted by Gasteiger charge is 2.40. The van der Waals surface area contributed by atoms with Gasteiger partial charge in [0.2, 0.25) is 5.95 Å². The maximum absolute atomic E-state index is 15.2. The number of hydrogen-bond donors (Lipinski definition) is 0. The van der Waals surface area contributed by atoms with E-state index in [-0.39, 0.29) is 22.8 Å². The molecule has 3 aromatic rings. The molecule has 0 bridgehead atoms. The molecule has 208 valence electrons. The summed E-state index contributed by atoms with van der Waals surface area (Å²) in [6.07, 6.45) is -0.648. The largest absolute Gasteiger partial charge is 0.497 e. The Bertz CT molecular complexity index is 1360. The minimum atomic E-state index is -2.21. The average molecular weight is 552 g/mol. The van der Waals surface area contributed by atoms with Gasteiger partial charge in [-0.1, -0.05) is 32.9 Å². The van der Waals surface area contributed by atoms with Crippen molar-refractivity contribution in [3.05, 3.63) is 76.7 Å². The molecule has 0 radical (unpaired) electrons. The molecular weight excluding hydrogens is 513 g/mol. The van der Waals surface area contributed by atoms with Crippen LogP contribution in [0.1, 0.15) is 59.5 Å². The van der Waals surface area contributed by atoms with Crippen LogP contribution in [-0.2, 0) is 10.8 Å². The minimum Gasteiger partial charge on any atom is -0.497 e. The van der Waals surface area contributed by atoms with Crippen molar-refractivity contribution in [3.63, 3.8) is 0 Å². The number of nitrogens with zero attached hydrogens (tertiary/aromatic N) is 1. The molecule has 0 saturated heterocycles. The lowest BCUT2D eigenvalue weighted by molar-refractivity contribution is 0.0790. The summed E-state index contributed by atoms with van der Waals surface area (Å²) in [4.78, 5) is 30.2. The van der Waals surface area contributed by atoms with Crippen LogP contribution in [0.25, 0.3) is 11.3 Å². The first-order valence-electron chi connectivity index (χ1n) is 12.9. The number of Topliss-reactive ketones (excluding diaryl/α,β-unsaturated/α-hetero) is 2. The molecule has 0 N–H and O–H groups in total. The van der Waals surface area contributed by atoms with Gasteiger partial charge in [0.15, 0.2) is 19.9 Å². The summed E-state index contributed by atoms with van der Waals surface area (Å²) in [6, 6.07) is 13.7. The maximum Gasteiger partial charge on any atom is 0.224 e. The second-order valence-corrected chi connectivity index (χ2v) is 16.0. The van der Waals surface area contributed by atoms with E-state index in [0.717, 1.165) is 11.1 Å². The summed E-state index contributed by atoms with van der Waals surface area (Å²) in [5, 5.41) is -0.0786. The predicted molar refractivity (Wildman–Crippen MR) is 154 cm³/mol. The Labute approximate surface area is 231 Å². The Hall–Kier alpha value is -3.36. The van der Waals surface area contributed by atoms with Crippen molar-refractivity contribution in [1.29, 1.82) is 0 Å². The first-order chi connectivity index (χ1) is 18.2. The Kier molecular flexibility index (Phi) is 9.13. The van der Waals surface area contributed by atoms with E-state index < -0.39 is 26.2 Å². The van der Waals surface area contributed by atoms with Gasteiger partial charge in [-0.05, 0) is 73.4 Å². The highest BCUT2D eigenvalue weighted by molar-refractivity contribution is 6.74. The van der Waals surface area contributed by atoms with E-state index in [0.29, 0.717) is 28.3 Å². The van der Waals surface area contributed by atoms with Gasteiger partial charge in [0.25, 0.3) is 0 Å². The van der Waals surface area contributed by atoms with Crippen molar-refractivity contribution in [2.45, 2.75) is 65.3 Å². The standard InChI is InChI=1S/C31H38FNO5Si/c1-19-10-11-21(15-28(34)22-16-23(36-6)18-24(17-22)37-7)14-26(19)27-13-12-25(30(32)33-27)29(35)20(2)38-39(8,9)31(3,4)5/h10-14,16-18,20H,15H2,1-9H3/t20-/m0/s1. The normalized spacial score (nSPS) is 12.7. The quantitative estimate of drug-likeness (QED) is 0.150. The number of aromatic nitrogens is 1. The number of benzene rings is 2. The van der Waals surface area contributed by atoms with Gasteiger partial charge in [-0.15, -0.1) is 0 Å². The Morgan fingerprint density at radius 2 is 1.59 bits per heavy atom. The SMILES string of the molecule is COc1cc(OC)cc(C(=O)Cc2ccc(C)c(-c3ccc(C(=O)[C@H](C)O[Si](C)(C)C(C)(C)C)c(F)n3)c2)c1. The van der Waals surface area contributed by atoms with Crippen molar-refractivity contribution in [2.75, 3.05) is 14.2 Å². The van der Waals surface area contributed by atoms with E-state index in [1.54, 1.807) is 31.2 Å². The molecular formula is C31H38FNO5Si. The number of aryl methyl sites for hydroxylation is 1. The molecule has 0 unspecified atom stereocenters. The number of carbonyl (C=O) groups is 2. The summed E-state index contributed by atoms with van der Waals surface area (Å²) >= 11 is 0. The molecule has 1 atom stereocenters. The van der Waals surface area contributed by atoms with Gasteiger partial charge in [0.1, 0.15) is 17.6 Å². The summed E-state index contributed by atoms with van der Waals surface area (Å²) in [6.45, 7) is 13.9. The van der Waals surface area contributed by atoms with E-state index >= 15 is 4.39 Å². The van der Waals surface area contributed by atoms with Crippen LogP contribution in [0.5, 0.6) is 11.5 Å². The van der Waals surface area contributed by atoms with E-state index in [2.05, 4.69) is 38.8 Å². The second-order valence-electron chi connectivity index (χ2n) is 11.3. The van der Waals surface area contributed by atoms with E-state index in [1.807, 2.05) is 25.1 Å². The monoisotopic (exact) mass is 551 g/mol. The minimum absolute atomic E-state index is 0.0786. The van der Waals surface area contributed by atoms with Crippen LogP contribution >= 0.6 is 0 Å².